The Bertz CT molecular complexity index is 554. The van der Waals surface area contributed by atoms with Gasteiger partial charge in [-0.2, -0.15) is 0 Å². The van der Waals surface area contributed by atoms with Gasteiger partial charge in [-0.25, -0.2) is 0 Å². The van der Waals surface area contributed by atoms with Gasteiger partial charge in [-0.3, -0.25) is 4.90 Å². The van der Waals surface area contributed by atoms with E-state index in [2.05, 4.69) is 35.4 Å². The lowest BCUT2D eigenvalue weighted by molar-refractivity contribution is 0.265. The summed E-state index contributed by atoms with van der Waals surface area (Å²) in [6.45, 7) is 5.32. The second kappa shape index (κ2) is 7.81. The lowest BCUT2D eigenvalue weighted by Gasteiger charge is -2.15. The van der Waals surface area contributed by atoms with Crippen molar-refractivity contribution in [3.63, 3.8) is 0 Å². The van der Waals surface area contributed by atoms with E-state index in [-0.39, 0.29) is 0 Å². The van der Waals surface area contributed by atoms with Crippen molar-refractivity contribution in [1.82, 2.24) is 15.4 Å². The van der Waals surface area contributed by atoms with Crippen LogP contribution >= 0.6 is 0 Å². The molecule has 0 saturated heterocycles. The van der Waals surface area contributed by atoms with Crippen LogP contribution in [0.5, 0.6) is 5.75 Å². The molecule has 0 aliphatic rings. The maximum atomic E-state index is 5.36. The normalized spacial score (nSPS) is 11.0. The molecule has 1 aromatic heterocycles. The van der Waals surface area contributed by atoms with Crippen LogP contribution in [0.15, 0.2) is 34.9 Å². The van der Waals surface area contributed by atoms with E-state index < -0.39 is 0 Å². The zero-order chi connectivity index (χ0) is 15.1. The standard InChI is InChI=1S/C16H23N3O2/c1-4-17-10-14-9-16(21-18-14)12-19(2)11-13-6-5-7-15(8-13)20-3/h5-9,17H,4,10-12H2,1-3H3. The molecule has 21 heavy (non-hydrogen) atoms. The van der Waals surface area contributed by atoms with E-state index in [1.807, 2.05) is 24.3 Å². The number of nitrogens with one attached hydrogen (secondary N) is 1. The van der Waals surface area contributed by atoms with Crippen LogP contribution in [0.25, 0.3) is 0 Å². The van der Waals surface area contributed by atoms with Crippen LogP contribution in [0, 0.1) is 0 Å². The number of hydrogen-bond donors (Lipinski definition) is 1. The molecule has 0 unspecified atom stereocenters. The Morgan fingerprint density at radius 3 is 2.90 bits per heavy atom. The minimum absolute atomic E-state index is 0.732. The van der Waals surface area contributed by atoms with Crippen molar-refractivity contribution in [3.05, 3.63) is 47.3 Å². The zero-order valence-corrected chi connectivity index (χ0v) is 12.9. The van der Waals surface area contributed by atoms with Gasteiger partial charge in [0.2, 0.25) is 0 Å². The fourth-order valence-electron chi connectivity index (χ4n) is 2.17. The maximum Gasteiger partial charge on any atom is 0.151 e. The van der Waals surface area contributed by atoms with Gasteiger partial charge in [-0.05, 0) is 31.3 Å². The molecule has 1 N–H and O–H groups in total. The Kier molecular flexibility index (Phi) is 5.78. The van der Waals surface area contributed by atoms with Crippen molar-refractivity contribution in [2.45, 2.75) is 26.6 Å². The van der Waals surface area contributed by atoms with E-state index in [9.17, 15) is 0 Å². The van der Waals surface area contributed by atoms with Gasteiger partial charge >= 0.3 is 0 Å². The van der Waals surface area contributed by atoms with E-state index >= 15 is 0 Å². The molecule has 1 aromatic carbocycles. The molecule has 0 fully saturated rings. The highest BCUT2D eigenvalue weighted by molar-refractivity contribution is 5.28. The molecular formula is C16H23N3O2. The van der Waals surface area contributed by atoms with Crippen LogP contribution in [0.2, 0.25) is 0 Å². The molecule has 0 saturated carbocycles. The average molecular weight is 289 g/mol. The van der Waals surface area contributed by atoms with Crippen LogP contribution in [-0.4, -0.2) is 30.8 Å². The van der Waals surface area contributed by atoms with Gasteiger partial charge in [-0.1, -0.05) is 24.2 Å². The molecule has 0 aliphatic carbocycles. The highest BCUT2D eigenvalue weighted by atomic mass is 16.5. The Labute approximate surface area is 125 Å². The fraction of sp³-hybridized carbons (Fsp3) is 0.438. The Morgan fingerprint density at radius 1 is 1.29 bits per heavy atom. The largest absolute Gasteiger partial charge is 0.497 e. The number of ether oxygens (including phenoxy) is 1. The van der Waals surface area contributed by atoms with Gasteiger partial charge in [0.25, 0.3) is 0 Å². The minimum Gasteiger partial charge on any atom is -0.497 e. The summed E-state index contributed by atoms with van der Waals surface area (Å²) in [5, 5.41) is 7.29. The van der Waals surface area contributed by atoms with E-state index in [0.717, 1.165) is 43.4 Å². The first kappa shape index (κ1) is 15.5. The van der Waals surface area contributed by atoms with Crippen LogP contribution in [0.3, 0.4) is 0 Å². The van der Waals surface area contributed by atoms with Gasteiger partial charge in [0, 0.05) is 19.2 Å². The lowest BCUT2D eigenvalue weighted by Crippen LogP contribution is -2.17. The molecule has 0 aliphatic heterocycles. The topological polar surface area (TPSA) is 50.5 Å². The molecule has 5 heteroatoms. The smallest absolute Gasteiger partial charge is 0.151 e. The quantitative estimate of drug-likeness (QED) is 0.809. The van der Waals surface area contributed by atoms with Crippen LogP contribution < -0.4 is 10.1 Å². The zero-order valence-electron chi connectivity index (χ0n) is 12.9. The van der Waals surface area contributed by atoms with Crippen molar-refractivity contribution < 1.29 is 9.26 Å². The first-order valence-electron chi connectivity index (χ1n) is 7.18. The van der Waals surface area contributed by atoms with Gasteiger partial charge in [0.05, 0.1) is 19.3 Å². The highest BCUT2D eigenvalue weighted by Gasteiger charge is 2.08. The second-order valence-electron chi connectivity index (χ2n) is 5.09. The lowest BCUT2D eigenvalue weighted by atomic mass is 10.2. The summed E-state index contributed by atoms with van der Waals surface area (Å²) in [6, 6.07) is 10.1. The Balaban J connectivity index is 1.88. The van der Waals surface area contributed by atoms with Gasteiger partial charge in [-0.15, -0.1) is 0 Å². The third-order valence-electron chi connectivity index (χ3n) is 3.18. The maximum absolute atomic E-state index is 5.36. The molecular weight excluding hydrogens is 266 g/mol. The SMILES string of the molecule is CCNCc1cc(CN(C)Cc2cccc(OC)c2)on1. The van der Waals surface area contributed by atoms with E-state index in [1.165, 1.54) is 5.56 Å². The molecule has 114 valence electrons. The first-order valence-corrected chi connectivity index (χ1v) is 7.18. The molecule has 1 heterocycles. The number of aromatic nitrogens is 1. The fourth-order valence-corrected chi connectivity index (χ4v) is 2.17. The third kappa shape index (κ3) is 4.88. The summed E-state index contributed by atoms with van der Waals surface area (Å²) in [5.74, 6) is 1.77. The molecule has 0 atom stereocenters. The van der Waals surface area contributed by atoms with Gasteiger partial charge in [0.1, 0.15) is 5.75 Å². The van der Waals surface area contributed by atoms with Crippen molar-refractivity contribution in [2.75, 3.05) is 20.7 Å². The molecule has 0 spiro atoms. The third-order valence-corrected chi connectivity index (χ3v) is 3.18. The number of rotatable bonds is 8. The van der Waals surface area contributed by atoms with Crippen molar-refractivity contribution in [3.8, 4) is 5.75 Å². The average Bonchev–Trinajstić information content (AvgIpc) is 2.92. The summed E-state index contributed by atoms with van der Waals surface area (Å²) >= 11 is 0. The number of methoxy groups -OCH3 is 1. The van der Waals surface area contributed by atoms with Crippen molar-refractivity contribution in [2.24, 2.45) is 0 Å². The Hall–Kier alpha value is -1.85. The molecule has 0 bridgehead atoms. The summed E-state index contributed by atoms with van der Waals surface area (Å²) in [6.07, 6.45) is 0. The van der Waals surface area contributed by atoms with Crippen molar-refractivity contribution in [1.29, 1.82) is 0 Å². The Morgan fingerprint density at radius 2 is 2.14 bits per heavy atom. The summed E-state index contributed by atoms with van der Waals surface area (Å²) < 4.78 is 10.6. The summed E-state index contributed by atoms with van der Waals surface area (Å²) in [4.78, 5) is 2.19. The molecule has 2 aromatic rings. The number of benzene rings is 1. The first-order chi connectivity index (χ1) is 10.2. The van der Waals surface area contributed by atoms with Crippen LogP contribution in [-0.2, 0) is 19.6 Å². The number of hydrogen-bond acceptors (Lipinski definition) is 5. The summed E-state index contributed by atoms with van der Waals surface area (Å²) in [7, 11) is 3.75. The predicted octanol–water partition coefficient (Wildman–Crippen LogP) is 2.42. The van der Waals surface area contributed by atoms with Crippen molar-refractivity contribution >= 4 is 0 Å². The summed E-state index contributed by atoms with van der Waals surface area (Å²) in [5.41, 5.74) is 2.16. The second-order valence-corrected chi connectivity index (χ2v) is 5.09. The van der Waals surface area contributed by atoms with E-state index in [4.69, 9.17) is 9.26 Å². The van der Waals surface area contributed by atoms with Crippen LogP contribution in [0.4, 0.5) is 0 Å². The molecule has 0 radical (unpaired) electrons. The minimum atomic E-state index is 0.732. The molecule has 5 nitrogen and oxygen atoms in total. The van der Waals surface area contributed by atoms with Crippen LogP contribution in [0.1, 0.15) is 23.9 Å². The monoisotopic (exact) mass is 289 g/mol. The predicted molar refractivity (Wildman–Crippen MR) is 82.0 cm³/mol. The molecule has 0 amide bonds. The molecule has 2 rings (SSSR count). The number of nitrogens with zero attached hydrogens (tertiary/aromatic N) is 2. The van der Waals surface area contributed by atoms with Gasteiger partial charge < -0.3 is 14.6 Å². The van der Waals surface area contributed by atoms with Gasteiger partial charge in [0.15, 0.2) is 5.76 Å². The van der Waals surface area contributed by atoms with E-state index in [0.29, 0.717) is 0 Å². The van der Waals surface area contributed by atoms with E-state index in [1.54, 1.807) is 7.11 Å². The highest BCUT2D eigenvalue weighted by Crippen LogP contribution is 2.15.